The van der Waals surface area contributed by atoms with E-state index in [1.165, 1.54) is 5.56 Å². The largest absolute Gasteiger partial charge is 0.507 e. The van der Waals surface area contributed by atoms with Crippen LogP contribution in [0.1, 0.15) is 27.0 Å². The molecule has 0 saturated heterocycles. The molecule has 24 heavy (non-hydrogen) atoms. The standard InChI is InChI=1S/C18H19ClN2O3/c1-10-16(14(22)8-15(23)17(10)19)18(24)21-6-5-11-3-4-13(20-2)7-12(11)9-21/h3-4,7-8,20,22-23H,5-6,9H2,1-2H3. The summed E-state index contributed by atoms with van der Waals surface area (Å²) in [6.07, 6.45) is 0.761. The van der Waals surface area contributed by atoms with Crippen LogP contribution in [0, 0.1) is 6.92 Å². The summed E-state index contributed by atoms with van der Waals surface area (Å²) in [4.78, 5) is 14.6. The topological polar surface area (TPSA) is 72.8 Å². The van der Waals surface area contributed by atoms with Gasteiger partial charge in [-0.3, -0.25) is 4.79 Å². The molecule has 1 aliphatic rings. The highest BCUT2D eigenvalue weighted by molar-refractivity contribution is 6.33. The van der Waals surface area contributed by atoms with Crippen molar-refractivity contribution < 1.29 is 15.0 Å². The summed E-state index contributed by atoms with van der Waals surface area (Å²) in [6.45, 7) is 2.66. The number of fused-ring (bicyclic) bond motifs is 1. The lowest BCUT2D eigenvalue weighted by atomic mass is 9.97. The number of carbonyl (C=O) groups excluding carboxylic acids is 1. The second kappa shape index (κ2) is 6.24. The molecule has 0 fully saturated rings. The number of hydrogen-bond donors (Lipinski definition) is 3. The lowest BCUT2D eigenvalue weighted by Crippen LogP contribution is -2.36. The van der Waals surface area contributed by atoms with Crippen molar-refractivity contribution in [3.63, 3.8) is 0 Å². The average molecular weight is 347 g/mol. The number of phenols is 2. The first-order valence-electron chi connectivity index (χ1n) is 7.72. The molecule has 3 rings (SSSR count). The minimum Gasteiger partial charge on any atom is -0.507 e. The predicted octanol–water partition coefficient (Wildman–Crippen LogP) is 3.30. The van der Waals surface area contributed by atoms with Gasteiger partial charge in [0, 0.05) is 31.9 Å². The minimum absolute atomic E-state index is 0.0889. The Balaban J connectivity index is 1.93. The highest BCUT2D eigenvalue weighted by atomic mass is 35.5. The van der Waals surface area contributed by atoms with Crippen LogP contribution in [0.5, 0.6) is 11.5 Å². The zero-order valence-electron chi connectivity index (χ0n) is 13.6. The second-order valence-electron chi connectivity index (χ2n) is 5.94. The van der Waals surface area contributed by atoms with Gasteiger partial charge in [-0.1, -0.05) is 17.7 Å². The quantitative estimate of drug-likeness (QED) is 0.780. The van der Waals surface area contributed by atoms with E-state index in [0.717, 1.165) is 23.7 Å². The number of carbonyl (C=O) groups is 1. The Morgan fingerprint density at radius 2 is 1.96 bits per heavy atom. The zero-order valence-corrected chi connectivity index (χ0v) is 14.3. The number of aromatic hydroxyl groups is 2. The zero-order chi connectivity index (χ0) is 17.4. The number of anilines is 1. The van der Waals surface area contributed by atoms with Crippen molar-refractivity contribution in [1.82, 2.24) is 4.90 Å². The van der Waals surface area contributed by atoms with Gasteiger partial charge in [0.15, 0.2) is 0 Å². The molecule has 0 saturated carbocycles. The molecule has 2 aromatic rings. The smallest absolute Gasteiger partial charge is 0.258 e. The van der Waals surface area contributed by atoms with E-state index in [4.69, 9.17) is 11.6 Å². The molecule has 0 bridgehead atoms. The Morgan fingerprint density at radius 3 is 2.67 bits per heavy atom. The molecular weight excluding hydrogens is 328 g/mol. The Kier molecular flexibility index (Phi) is 4.28. The molecule has 126 valence electrons. The summed E-state index contributed by atoms with van der Waals surface area (Å²) < 4.78 is 0. The van der Waals surface area contributed by atoms with Crippen molar-refractivity contribution in [1.29, 1.82) is 0 Å². The fourth-order valence-electron chi connectivity index (χ4n) is 3.07. The molecule has 1 aliphatic heterocycles. The maximum atomic E-state index is 12.9. The summed E-state index contributed by atoms with van der Waals surface area (Å²) in [6, 6.07) is 7.24. The van der Waals surface area contributed by atoms with Crippen LogP contribution in [0.15, 0.2) is 24.3 Å². The summed E-state index contributed by atoms with van der Waals surface area (Å²) >= 11 is 6.02. The molecule has 0 radical (unpaired) electrons. The molecule has 6 heteroatoms. The molecule has 0 spiro atoms. The predicted molar refractivity (Wildman–Crippen MR) is 94.0 cm³/mol. The first-order valence-corrected chi connectivity index (χ1v) is 8.10. The molecule has 0 atom stereocenters. The van der Waals surface area contributed by atoms with Crippen molar-refractivity contribution in [3.8, 4) is 11.5 Å². The van der Waals surface area contributed by atoms with Crippen molar-refractivity contribution in [2.75, 3.05) is 18.9 Å². The highest BCUT2D eigenvalue weighted by Gasteiger charge is 2.27. The van der Waals surface area contributed by atoms with Gasteiger partial charge in [-0.15, -0.1) is 0 Å². The average Bonchev–Trinajstić information content (AvgIpc) is 2.58. The lowest BCUT2D eigenvalue weighted by molar-refractivity contribution is 0.0731. The highest BCUT2D eigenvalue weighted by Crippen LogP contribution is 2.36. The van der Waals surface area contributed by atoms with E-state index >= 15 is 0 Å². The van der Waals surface area contributed by atoms with Crippen molar-refractivity contribution >= 4 is 23.2 Å². The van der Waals surface area contributed by atoms with Gasteiger partial charge in [0.25, 0.3) is 5.91 Å². The van der Waals surface area contributed by atoms with Crippen LogP contribution < -0.4 is 5.32 Å². The molecule has 2 aromatic carbocycles. The third-order valence-electron chi connectivity index (χ3n) is 4.47. The Bertz CT molecular complexity index is 820. The maximum absolute atomic E-state index is 12.9. The molecule has 1 amide bonds. The lowest BCUT2D eigenvalue weighted by Gasteiger charge is -2.30. The number of nitrogens with one attached hydrogen (secondary N) is 1. The van der Waals surface area contributed by atoms with Gasteiger partial charge in [0.2, 0.25) is 0 Å². The van der Waals surface area contributed by atoms with Gasteiger partial charge < -0.3 is 20.4 Å². The van der Waals surface area contributed by atoms with Gasteiger partial charge in [0.1, 0.15) is 11.5 Å². The van der Waals surface area contributed by atoms with E-state index in [1.54, 1.807) is 11.8 Å². The van der Waals surface area contributed by atoms with Gasteiger partial charge in [-0.25, -0.2) is 0 Å². The number of phenolic OH excluding ortho intramolecular Hbond substituents is 2. The van der Waals surface area contributed by atoms with Crippen molar-refractivity contribution in [2.24, 2.45) is 0 Å². The number of rotatable bonds is 2. The Morgan fingerprint density at radius 1 is 1.21 bits per heavy atom. The van der Waals surface area contributed by atoms with Crippen LogP contribution in [0.3, 0.4) is 0 Å². The van der Waals surface area contributed by atoms with Crippen LogP contribution in [-0.4, -0.2) is 34.6 Å². The summed E-state index contributed by atoms with van der Waals surface area (Å²) in [5.74, 6) is -0.771. The second-order valence-corrected chi connectivity index (χ2v) is 6.32. The molecule has 3 N–H and O–H groups in total. The van der Waals surface area contributed by atoms with Crippen LogP contribution in [0.2, 0.25) is 5.02 Å². The molecule has 0 unspecified atom stereocenters. The van der Waals surface area contributed by atoms with Gasteiger partial charge in [-0.2, -0.15) is 0 Å². The number of nitrogens with zero attached hydrogens (tertiary/aromatic N) is 1. The molecule has 1 heterocycles. The van der Waals surface area contributed by atoms with Gasteiger partial charge in [0.05, 0.1) is 10.6 Å². The van der Waals surface area contributed by atoms with E-state index in [-0.39, 0.29) is 28.0 Å². The van der Waals surface area contributed by atoms with Crippen LogP contribution >= 0.6 is 11.6 Å². The Hall–Kier alpha value is -2.40. The summed E-state index contributed by atoms with van der Waals surface area (Å²) in [5.41, 5.74) is 3.83. The molecule has 5 nitrogen and oxygen atoms in total. The minimum atomic E-state index is -0.285. The first kappa shape index (κ1) is 16.5. The normalized spacial score (nSPS) is 13.5. The third-order valence-corrected chi connectivity index (χ3v) is 4.94. The van der Waals surface area contributed by atoms with E-state index in [0.29, 0.717) is 18.7 Å². The number of hydrogen-bond acceptors (Lipinski definition) is 4. The first-order chi connectivity index (χ1) is 11.4. The van der Waals surface area contributed by atoms with Crippen molar-refractivity contribution in [3.05, 3.63) is 51.5 Å². The van der Waals surface area contributed by atoms with Gasteiger partial charge >= 0.3 is 0 Å². The van der Waals surface area contributed by atoms with Gasteiger partial charge in [-0.05, 0) is 42.2 Å². The van der Waals surface area contributed by atoms with E-state index < -0.39 is 0 Å². The number of halogens is 1. The van der Waals surface area contributed by atoms with Crippen molar-refractivity contribution in [2.45, 2.75) is 19.9 Å². The van der Waals surface area contributed by atoms with E-state index in [9.17, 15) is 15.0 Å². The fourth-order valence-corrected chi connectivity index (χ4v) is 3.22. The molecule has 0 aliphatic carbocycles. The van der Waals surface area contributed by atoms with Crippen LogP contribution in [0.4, 0.5) is 5.69 Å². The monoisotopic (exact) mass is 346 g/mol. The van der Waals surface area contributed by atoms with E-state index in [1.807, 2.05) is 19.2 Å². The molecule has 0 aromatic heterocycles. The maximum Gasteiger partial charge on any atom is 0.258 e. The Labute approximate surface area is 145 Å². The fraction of sp³-hybridized carbons (Fsp3) is 0.278. The number of amides is 1. The van der Waals surface area contributed by atoms with Crippen LogP contribution in [0.25, 0.3) is 0 Å². The summed E-state index contributed by atoms with van der Waals surface area (Å²) in [5, 5.41) is 22.9. The molecular formula is C18H19ClN2O3. The summed E-state index contributed by atoms with van der Waals surface area (Å²) in [7, 11) is 1.85. The van der Waals surface area contributed by atoms with Crippen LogP contribution in [-0.2, 0) is 13.0 Å². The number of benzene rings is 2. The SMILES string of the molecule is CNc1ccc2c(c1)CN(C(=O)c1c(O)cc(O)c(Cl)c1C)CC2. The van der Waals surface area contributed by atoms with E-state index in [2.05, 4.69) is 11.4 Å². The third kappa shape index (κ3) is 2.76.